The van der Waals surface area contributed by atoms with E-state index in [4.69, 9.17) is 18.9 Å². The number of alkyl halides is 1. The molecule has 1 nitrogen and oxygen atoms in total. The van der Waals surface area contributed by atoms with Crippen LogP contribution < -0.4 is 24.6 Å². The van der Waals surface area contributed by atoms with Crippen LogP contribution in [-0.2, 0) is 0 Å². The van der Waals surface area contributed by atoms with Gasteiger partial charge in [0.1, 0.15) is 0 Å². The Morgan fingerprint density at radius 2 is 1.77 bits per heavy atom. The minimum Gasteiger partial charge on any atom is -0.433 e. The molecule has 0 aromatic carbocycles. The molecule has 3 heteroatoms. The molecule has 0 bridgehead atoms. The van der Waals surface area contributed by atoms with Gasteiger partial charge >= 0.3 is 18.9 Å². The zero-order valence-corrected chi connectivity index (χ0v) is 8.69. The van der Waals surface area contributed by atoms with Gasteiger partial charge in [0.2, 0.25) is 0 Å². The van der Waals surface area contributed by atoms with Crippen molar-refractivity contribution in [1.29, 1.82) is 0 Å². The van der Waals surface area contributed by atoms with Crippen molar-refractivity contribution < 1.29 is 23.3 Å². The molecule has 2 N–H and O–H groups in total. The summed E-state index contributed by atoms with van der Waals surface area (Å²) in [5.41, 5.74) is 4.50. The molecule has 0 heterocycles. The molecule has 13 heavy (non-hydrogen) atoms. The van der Waals surface area contributed by atoms with Crippen LogP contribution in [0.2, 0.25) is 0 Å². The number of hydrogen-bond acceptors (Lipinski definition) is 1. The molecule has 0 aromatic heterocycles. The Bertz CT molecular complexity index is 236. The van der Waals surface area contributed by atoms with Crippen molar-refractivity contribution in [1.82, 2.24) is 0 Å². The monoisotopic (exact) mass is 174 g/mol. The first kappa shape index (κ1) is 15.0. The normalized spacial score (nSPS) is 11.8. The van der Waals surface area contributed by atoms with Gasteiger partial charge in [-0.3, -0.25) is 24.8 Å². The van der Waals surface area contributed by atoms with Gasteiger partial charge in [-0.25, -0.2) is 9.96 Å². The third kappa shape index (κ3) is 5.74. The van der Waals surface area contributed by atoms with Gasteiger partial charge in [0, 0.05) is 0 Å². The Kier molecular flexibility index (Phi) is 6.15. The number of rotatable bonds is 3. The zero-order valence-electron chi connectivity index (χ0n) is 8.69. The summed E-state index contributed by atoms with van der Waals surface area (Å²) in [5, 5.41) is 0. The zero-order chi connectivity index (χ0) is 9.94. The minimum atomic E-state index is -1.53. The number of halogens is 1. The van der Waals surface area contributed by atoms with Crippen LogP contribution in [0.15, 0.2) is 22.9 Å². The van der Waals surface area contributed by atoms with Crippen molar-refractivity contribution in [2.45, 2.75) is 26.4 Å². The summed E-state index contributed by atoms with van der Waals surface area (Å²) >= 11 is 0. The Morgan fingerprint density at radius 3 is 2.00 bits per heavy atom. The summed E-state index contributed by atoms with van der Waals surface area (Å²) in [6.07, 6.45) is 1.44. The second-order valence-electron chi connectivity index (χ2n) is 3.21. The first-order valence-corrected chi connectivity index (χ1v) is 3.63. The summed E-state index contributed by atoms with van der Waals surface area (Å²) in [7, 11) is 0. The van der Waals surface area contributed by atoms with Gasteiger partial charge < -0.3 is 5.73 Å². The van der Waals surface area contributed by atoms with E-state index in [9.17, 15) is 4.39 Å². The van der Waals surface area contributed by atoms with Crippen LogP contribution in [0.4, 0.5) is 4.39 Å². The van der Waals surface area contributed by atoms with Crippen molar-refractivity contribution in [3.8, 4) is 0 Å². The molecular weight excluding hydrogens is 160 g/mol. The van der Waals surface area contributed by atoms with E-state index in [1.807, 2.05) is 0 Å². The first-order valence-electron chi connectivity index (χ1n) is 3.63. The minimum absolute atomic E-state index is 0. The van der Waals surface area contributed by atoms with E-state index in [1.54, 1.807) is 6.92 Å². The van der Waals surface area contributed by atoms with Gasteiger partial charge in [0.25, 0.3) is 0 Å². The molecule has 0 radical (unpaired) electrons. The van der Waals surface area contributed by atoms with Crippen LogP contribution in [-0.4, -0.2) is 5.67 Å². The maximum atomic E-state index is 13.2. The Balaban J connectivity index is 0. The van der Waals surface area contributed by atoms with Crippen LogP contribution in [0.25, 0.3) is 0 Å². The van der Waals surface area contributed by atoms with E-state index < -0.39 is 5.67 Å². The van der Waals surface area contributed by atoms with E-state index in [1.165, 1.54) is 19.9 Å². The fourth-order valence-electron chi connectivity index (χ4n) is 0.797. The van der Waals surface area contributed by atoms with E-state index >= 15 is 0 Å². The Morgan fingerprint density at radius 1 is 1.38 bits per heavy atom. The predicted molar refractivity (Wildman–Crippen MR) is 48.8 cm³/mol. The Hall–Kier alpha value is -0.453. The van der Waals surface area contributed by atoms with E-state index in [-0.39, 0.29) is 30.1 Å². The molecule has 0 spiro atoms. The van der Waals surface area contributed by atoms with Crippen molar-refractivity contribution in [2.24, 2.45) is 5.73 Å². The fourth-order valence-corrected chi connectivity index (χ4v) is 0.797. The SMILES string of the molecule is [CH-]=C(N)/C=C(/C)C(=[CH-])C(C)(C)F.[Li+]. The van der Waals surface area contributed by atoms with Gasteiger partial charge in [-0.1, -0.05) is 0 Å². The molecule has 0 unspecified atom stereocenters. The summed E-state index contributed by atoms with van der Waals surface area (Å²) in [4.78, 5) is 0. The molecule has 0 fully saturated rings. The van der Waals surface area contributed by atoms with E-state index in [0.29, 0.717) is 5.57 Å². The molecule has 0 saturated heterocycles. The van der Waals surface area contributed by atoms with E-state index in [2.05, 4.69) is 0 Å². The molecule has 0 aromatic rings. The largest absolute Gasteiger partial charge is 1.00 e. The summed E-state index contributed by atoms with van der Waals surface area (Å²) in [6, 6.07) is 0. The topological polar surface area (TPSA) is 26.0 Å². The van der Waals surface area contributed by atoms with Crippen molar-refractivity contribution in [3.05, 3.63) is 36.1 Å². The third-order valence-electron chi connectivity index (χ3n) is 1.45. The van der Waals surface area contributed by atoms with Crippen molar-refractivity contribution >= 4 is 0 Å². The fraction of sp³-hybridized carbons (Fsp3) is 0.400. The maximum Gasteiger partial charge on any atom is 1.00 e. The molecule has 0 rings (SSSR count). The quantitative estimate of drug-likeness (QED) is 0.342. The smallest absolute Gasteiger partial charge is 0.433 e. The van der Waals surface area contributed by atoms with Gasteiger partial charge in [-0.05, 0) is 13.8 Å². The van der Waals surface area contributed by atoms with Crippen LogP contribution in [0.1, 0.15) is 20.8 Å². The molecule has 0 atom stereocenters. The molecule has 0 aliphatic heterocycles. The summed E-state index contributed by atoms with van der Waals surface area (Å²) < 4.78 is 13.2. The number of hydrogen-bond donors (Lipinski definition) is 1. The molecular formula is C10H14FLiN-. The third-order valence-corrected chi connectivity index (χ3v) is 1.45. The second kappa shape index (κ2) is 5.31. The number of allylic oxidation sites excluding steroid dienone is 3. The van der Waals surface area contributed by atoms with Crippen molar-refractivity contribution in [3.63, 3.8) is 0 Å². The second-order valence-corrected chi connectivity index (χ2v) is 3.21. The summed E-state index contributed by atoms with van der Waals surface area (Å²) in [6.45, 7) is 15.1. The van der Waals surface area contributed by atoms with Crippen molar-refractivity contribution in [2.75, 3.05) is 0 Å². The van der Waals surface area contributed by atoms with Gasteiger partial charge in [-0.2, -0.15) is 5.70 Å². The first-order chi connectivity index (χ1) is 5.25. The molecule has 68 valence electrons. The van der Waals surface area contributed by atoms with Gasteiger partial charge in [0.15, 0.2) is 0 Å². The number of nitrogens with two attached hydrogens (primary N) is 1. The van der Waals surface area contributed by atoms with Gasteiger partial charge in [0.05, 0.1) is 5.67 Å². The standard InChI is InChI=1S/C10H14FN.Li/c1-7(6-8(2)12)9(3)10(4,5)11;/h2-3,6H,12H2,1,4-5H3;/q-2;+1/b7-6-;. The van der Waals surface area contributed by atoms with Crippen LogP contribution in [0.5, 0.6) is 0 Å². The van der Waals surface area contributed by atoms with Gasteiger partial charge in [-0.15, -0.1) is 6.92 Å². The maximum absolute atomic E-state index is 13.2. The summed E-state index contributed by atoms with van der Waals surface area (Å²) in [5.74, 6) is 0. The molecule has 0 aliphatic carbocycles. The Labute approximate surface area is 91.8 Å². The van der Waals surface area contributed by atoms with Crippen LogP contribution >= 0.6 is 0 Å². The van der Waals surface area contributed by atoms with E-state index in [0.717, 1.165) is 0 Å². The average Bonchev–Trinajstić information content (AvgIpc) is 1.82. The van der Waals surface area contributed by atoms with Crippen LogP contribution in [0, 0.1) is 13.2 Å². The molecule has 0 saturated carbocycles. The molecule has 0 amide bonds. The van der Waals surface area contributed by atoms with Crippen LogP contribution in [0.3, 0.4) is 0 Å². The molecule has 0 aliphatic rings. The predicted octanol–water partition coefficient (Wildman–Crippen LogP) is -0.680. The average molecular weight is 174 g/mol.